The van der Waals surface area contributed by atoms with Crippen LogP contribution in [0.15, 0.2) is 18.3 Å². The number of hydrogen-bond acceptors (Lipinski definition) is 1. The molecule has 0 radical (unpaired) electrons. The van der Waals surface area contributed by atoms with Gasteiger partial charge >= 0.3 is 0 Å². The molecule has 1 aromatic rings. The van der Waals surface area contributed by atoms with Crippen LogP contribution in [0.25, 0.3) is 0 Å². The SMILES string of the molecule is CC(C)CC1CCCC(CCc2ccc(C(C)C)cn2)CC1. The van der Waals surface area contributed by atoms with Gasteiger partial charge in [0.15, 0.2) is 0 Å². The maximum Gasteiger partial charge on any atom is 0.0403 e. The molecule has 0 aromatic carbocycles. The van der Waals surface area contributed by atoms with Crippen LogP contribution in [0.4, 0.5) is 0 Å². The van der Waals surface area contributed by atoms with Crippen molar-refractivity contribution in [3.05, 3.63) is 29.6 Å². The minimum atomic E-state index is 0.585. The van der Waals surface area contributed by atoms with E-state index in [9.17, 15) is 0 Å². The lowest BCUT2D eigenvalue weighted by atomic mass is 9.89. The summed E-state index contributed by atoms with van der Waals surface area (Å²) < 4.78 is 0. The highest BCUT2D eigenvalue weighted by atomic mass is 14.7. The third-order valence-electron chi connectivity index (χ3n) is 5.34. The average molecular weight is 302 g/mol. The van der Waals surface area contributed by atoms with Gasteiger partial charge in [-0.05, 0) is 54.6 Å². The Hall–Kier alpha value is -0.850. The van der Waals surface area contributed by atoms with E-state index in [1.165, 1.54) is 56.2 Å². The second kappa shape index (κ2) is 8.70. The van der Waals surface area contributed by atoms with Crippen molar-refractivity contribution in [1.82, 2.24) is 4.98 Å². The molecule has 0 aliphatic heterocycles. The molecular formula is C21H35N. The van der Waals surface area contributed by atoms with Crippen molar-refractivity contribution in [3.8, 4) is 0 Å². The van der Waals surface area contributed by atoms with Crippen molar-refractivity contribution < 1.29 is 0 Å². The van der Waals surface area contributed by atoms with Crippen molar-refractivity contribution in [2.75, 3.05) is 0 Å². The summed E-state index contributed by atoms with van der Waals surface area (Å²) in [6.45, 7) is 9.20. The van der Waals surface area contributed by atoms with Crippen LogP contribution >= 0.6 is 0 Å². The third-order valence-corrected chi connectivity index (χ3v) is 5.34. The molecule has 1 saturated carbocycles. The summed E-state index contributed by atoms with van der Waals surface area (Å²) >= 11 is 0. The molecule has 124 valence electrons. The highest BCUT2D eigenvalue weighted by molar-refractivity contribution is 5.17. The van der Waals surface area contributed by atoms with E-state index in [0.717, 1.165) is 24.2 Å². The highest BCUT2D eigenvalue weighted by Crippen LogP contribution is 2.33. The monoisotopic (exact) mass is 301 g/mol. The Morgan fingerprint density at radius 2 is 1.73 bits per heavy atom. The van der Waals surface area contributed by atoms with Crippen LogP contribution in [0.5, 0.6) is 0 Å². The average Bonchev–Trinajstić information content (AvgIpc) is 2.70. The molecule has 1 heteroatoms. The molecule has 1 fully saturated rings. The minimum absolute atomic E-state index is 0.585. The molecule has 22 heavy (non-hydrogen) atoms. The smallest absolute Gasteiger partial charge is 0.0403 e. The van der Waals surface area contributed by atoms with E-state index in [1.807, 2.05) is 0 Å². The first-order chi connectivity index (χ1) is 10.5. The van der Waals surface area contributed by atoms with Gasteiger partial charge in [-0.2, -0.15) is 0 Å². The minimum Gasteiger partial charge on any atom is -0.261 e. The molecule has 0 saturated heterocycles. The predicted molar refractivity (Wildman–Crippen MR) is 96.2 cm³/mol. The number of aryl methyl sites for hydroxylation is 1. The van der Waals surface area contributed by atoms with E-state index in [4.69, 9.17) is 0 Å². The van der Waals surface area contributed by atoms with Gasteiger partial charge in [0.05, 0.1) is 0 Å². The molecule has 0 amide bonds. The third kappa shape index (κ3) is 5.74. The van der Waals surface area contributed by atoms with E-state index < -0.39 is 0 Å². The van der Waals surface area contributed by atoms with Gasteiger partial charge in [0.25, 0.3) is 0 Å². The first-order valence-electron chi connectivity index (χ1n) is 9.49. The van der Waals surface area contributed by atoms with Gasteiger partial charge in [-0.25, -0.2) is 0 Å². The fourth-order valence-corrected chi connectivity index (χ4v) is 3.92. The topological polar surface area (TPSA) is 12.9 Å². The zero-order valence-electron chi connectivity index (χ0n) is 15.1. The maximum absolute atomic E-state index is 4.66. The molecule has 1 aromatic heterocycles. The fraction of sp³-hybridized carbons (Fsp3) is 0.762. The lowest BCUT2D eigenvalue weighted by Gasteiger charge is -2.17. The van der Waals surface area contributed by atoms with E-state index in [1.54, 1.807) is 0 Å². The predicted octanol–water partition coefficient (Wildman–Crippen LogP) is 6.38. The first-order valence-corrected chi connectivity index (χ1v) is 9.49. The summed E-state index contributed by atoms with van der Waals surface area (Å²) in [5.41, 5.74) is 2.64. The summed E-state index contributed by atoms with van der Waals surface area (Å²) in [4.78, 5) is 4.66. The van der Waals surface area contributed by atoms with Gasteiger partial charge in [0.2, 0.25) is 0 Å². The zero-order chi connectivity index (χ0) is 15.9. The van der Waals surface area contributed by atoms with Gasteiger partial charge < -0.3 is 0 Å². The quantitative estimate of drug-likeness (QED) is 0.555. The Morgan fingerprint density at radius 3 is 2.36 bits per heavy atom. The van der Waals surface area contributed by atoms with Crippen molar-refractivity contribution in [2.24, 2.45) is 17.8 Å². The molecule has 1 aliphatic carbocycles. The zero-order valence-corrected chi connectivity index (χ0v) is 15.1. The number of hydrogen-bond donors (Lipinski definition) is 0. The van der Waals surface area contributed by atoms with Crippen LogP contribution in [-0.2, 0) is 6.42 Å². The normalized spacial score (nSPS) is 23.0. The Kier molecular flexibility index (Phi) is 6.92. The van der Waals surface area contributed by atoms with Crippen LogP contribution < -0.4 is 0 Å². The summed E-state index contributed by atoms with van der Waals surface area (Å²) in [6.07, 6.45) is 13.3. The van der Waals surface area contributed by atoms with Crippen LogP contribution in [0, 0.1) is 17.8 Å². The molecule has 1 aliphatic rings. The number of aromatic nitrogens is 1. The largest absolute Gasteiger partial charge is 0.261 e. The van der Waals surface area contributed by atoms with Gasteiger partial charge in [0.1, 0.15) is 0 Å². The first kappa shape index (κ1) is 17.5. The van der Waals surface area contributed by atoms with Gasteiger partial charge in [-0.1, -0.05) is 65.9 Å². The van der Waals surface area contributed by atoms with Crippen molar-refractivity contribution >= 4 is 0 Å². The lowest BCUT2D eigenvalue weighted by molar-refractivity contribution is 0.358. The van der Waals surface area contributed by atoms with E-state index in [2.05, 4.69) is 51.0 Å². The van der Waals surface area contributed by atoms with Crippen LogP contribution in [-0.4, -0.2) is 4.98 Å². The van der Waals surface area contributed by atoms with Gasteiger partial charge in [-0.3, -0.25) is 4.98 Å². The summed E-state index contributed by atoms with van der Waals surface area (Å²) in [5.74, 6) is 3.38. The van der Waals surface area contributed by atoms with E-state index in [0.29, 0.717) is 5.92 Å². The van der Waals surface area contributed by atoms with Crippen LogP contribution in [0.3, 0.4) is 0 Å². The molecule has 1 nitrogen and oxygen atoms in total. The molecule has 2 unspecified atom stereocenters. The van der Waals surface area contributed by atoms with Gasteiger partial charge in [0, 0.05) is 11.9 Å². The highest BCUT2D eigenvalue weighted by Gasteiger charge is 2.19. The molecule has 2 rings (SSSR count). The lowest BCUT2D eigenvalue weighted by Crippen LogP contribution is -2.05. The molecular weight excluding hydrogens is 266 g/mol. The van der Waals surface area contributed by atoms with Crippen molar-refractivity contribution in [2.45, 2.75) is 85.0 Å². The molecule has 0 N–H and O–H groups in total. The fourth-order valence-electron chi connectivity index (χ4n) is 3.92. The van der Waals surface area contributed by atoms with Crippen LogP contribution in [0.1, 0.15) is 89.8 Å². The Balaban J connectivity index is 1.77. The number of pyridine rings is 1. The maximum atomic E-state index is 4.66. The number of nitrogens with zero attached hydrogens (tertiary/aromatic N) is 1. The van der Waals surface area contributed by atoms with E-state index >= 15 is 0 Å². The van der Waals surface area contributed by atoms with Crippen LogP contribution in [0.2, 0.25) is 0 Å². The van der Waals surface area contributed by atoms with Crippen molar-refractivity contribution in [1.29, 1.82) is 0 Å². The van der Waals surface area contributed by atoms with Crippen molar-refractivity contribution in [3.63, 3.8) is 0 Å². The Morgan fingerprint density at radius 1 is 1.00 bits per heavy atom. The molecule has 0 spiro atoms. The summed E-state index contributed by atoms with van der Waals surface area (Å²) in [7, 11) is 0. The summed E-state index contributed by atoms with van der Waals surface area (Å²) in [5, 5.41) is 0. The Bertz CT molecular complexity index is 418. The number of rotatable bonds is 6. The molecule has 2 atom stereocenters. The van der Waals surface area contributed by atoms with E-state index in [-0.39, 0.29) is 0 Å². The second-order valence-corrected chi connectivity index (χ2v) is 8.15. The Labute approximate surface area is 137 Å². The molecule has 1 heterocycles. The molecule has 0 bridgehead atoms. The second-order valence-electron chi connectivity index (χ2n) is 8.15. The standard InChI is InChI=1S/C21H35N/c1-16(2)14-19-7-5-6-18(8-9-19)10-12-21-13-11-20(15-22-21)17(3)4/h11,13,15-19H,5-10,12,14H2,1-4H3. The van der Waals surface area contributed by atoms with Gasteiger partial charge in [-0.15, -0.1) is 0 Å². The summed E-state index contributed by atoms with van der Waals surface area (Å²) in [6, 6.07) is 4.51.